The Balaban J connectivity index is 1.20. The highest BCUT2D eigenvalue weighted by molar-refractivity contribution is 5.94. The number of ether oxygens (including phenoxy) is 2. The third-order valence-corrected chi connectivity index (χ3v) is 7.10. The minimum atomic E-state index is -0.308. The second-order valence-corrected chi connectivity index (χ2v) is 8.92. The van der Waals surface area contributed by atoms with Crippen LogP contribution < -0.4 is 10.1 Å². The Morgan fingerprint density at radius 1 is 1.13 bits per heavy atom. The number of hydrogen-bond acceptors (Lipinski definition) is 4. The fourth-order valence-electron chi connectivity index (χ4n) is 5.39. The molecule has 3 fully saturated rings. The summed E-state index contributed by atoms with van der Waals surface area (Å²) < 4.78 is 11.8. The summed E-state index contributed by atoms with van der Waals surface area (Å²) in [6, 6.07) is 14.5. The zero-order chi connectivity index (χ0) is 20.8. The maximum absolute atomic E-state index is 12.7. The lowest BCUT2D eigenvalue weighted by Gasteiger charge is -2.44. The molecule has 5 heterocycles. The first kappa shape index (κ1) is 18.8. The van der Waals surface area contributed by atoms with Crippen LogP contribution in [0.4, 0.5) is 4.79 Å². The van der Waals surface area contributed by atoms with Crippen LogP contribution in [0.2, 0.25) is 0 Å². The fraction of sp³-hybridized carbons (Fsp3) is 0.400. The van der Waals surface area contributed by atoms with Gasteiger partial charge in [-0.3, -0.25) is 4.90 Å². The molecular formula is C25H27N3O3. The van der Waals surface area contributed by atoms with E-state index in [4.69, 9.17) is 9.47 Å². The summed E-state index contributed by atoms with van der Waals surface area (Å²) >= 11 is 0. The molecule has 0 aliphatic carbocycles. The van der Waals surface area contributed by atoms with Crippen molar-refractivity contribution in [2.24, 2.45) is 5.92 Å². The van der Waals surface area contributed by atoms with E-state index < -0.39 is 0 Å². The largest absolute Gasteiger partial charge is 0.493 e. The summed E-state index contributed by atoms with van der Waals surface area (Å²) in [7, 11) is 0. The normalized spacial score (nSPS) is 26.8. The Morgan fingerprint density at radius 3 is 2.87 bits per heavy atom. The van der Waals surface area contributed by atoms with Gasteiger partial charge in [0.1, 0.15) is 11.9 Å². The molecule has 2 atom stereocenters. The molecule has 4 aliphatic heterocycles. The van der Waals surface area contributed by atoms with Crippen molar-refractivity contribution in [1.82, 2.24) is 15.2 Å². The van der Waals surface area contributed by atoms with E-state index in [9.17, 15) is 4.79 Å². The van der Waals surface area contributed by atoms with Gasteiger partial charge in [-0.15, -0.1) is 0 Å². The molecule has 31 heavy (non-hydrogen) atoms. The summed E-state index contributed by atoms with van der Waals surface area (Å²) in [5.41, 5.74) is 4.38. The molecule has 2 aromatic carbocycles. The second-order valence-electron chi connectivity index (χ2n) is 8.92. The molecule has 0 radical (unpaired) electrons. The van der Waals surface area contributed by atoms with Gasteiger partial charge in [-0.2, -0.15) is 0 Å². The first-order valence-corrected chi connectivity index (χ1v) is 11.3. The molecule has 4 aliphatic rings. The number of benzene rings is 2. The van der Waals surface area contributed by atoms with E-state index in [1.807, 2.05) is 6.20 Å². The van der Waals surface area contributed by atoms with Crippen molar-refractivity contribution in [3.05, 3.63) is 54.2 Å². The number of hydrogen-bond donors (Lipinski definition) is 2. The Hall–Kier alpha value is -2.99. The number of fused-ring (bicyclic) bond motifs is 5. The number of nitrogens with one attached hydrogen (secondary N) is 2. The van der Waals surface area contributed by atoms with Crippen LogP contribution >= 0.6 is 0 Å². The van der Waals surface area contributed by atoms with E-state index in [2.05, 4.69) is 57.7 Å². The van der Waals surface area contributed by atoms with Crippen LogP contribution in [0.15, 0.2) is 48.7 Å². The van der Waals surface area contributed by atoms with Crippen molar-refractivity contribution in [3.63, 3.8) is 0 Å². The van der Waals surface area contributed by atoms with Gasteiger partial charge < -0.3 is 19.8 Å². The minimum absolute atomic E-state index is 0.0190. The predicted octanol–water partition coefficient (Wildman–Crippen LogP) is 4.48. The molecule has 1 aromatic heterocycles. The number of nitrogens with zero attached hydrogens (tertiary/aromatic N) is 1. The van der Waals surface area contributed by atoms with Crippen molar-refractivity contribution in [1.29, 1.82) is 0 Å². The summed E-state index contributed by atoms with van der Waals surface area (Å²) in [6.07, 6.45) is 4.68. The van der Waals surface area contributed by atoms with Gasteiger partial charge >= 0.3 is 6.09 Å². The SMILES string of the molecule is O=C(NC1CCOc2cc(-c3cccc4cc[nH]c34)ccc21)O[C@@H]1CN2CCC1CC2. The monoisotopic (exact) mass is 417 g/mol. The minimum Gasteiger partial charge on any atom is -0.493 e. The maximum Gasteiger partial charge on any atom is 0.407 e. The third-order valence-electron chi connectivity index (χ3n) is 7.10. The molecule has 6 heteroatoms. The average molecular weight is 418 g/mol. The van der Waals surface area contributed by atoms with E-state index in [-0.39, 0.29) is 18.2 Å². The van der Waals surface area contributed by atoms with Crippen LogP contribution in [0.1, 0.15) is 30.9 Å². The zero-order valence-electron chi connectivity index (χ0n) is 17.5. The first-order chi connectivity index (χ1) is 15.2. The van der Waals surface area contributed by atoms with Gasteiger partial charge in [-0.25, -0.2) is 4.79 Å². The van der Waals surface area contributed by atoms with Crippen LogP contribution in [0, 0.1) is 5.92 Å². The molecule has 6 nitrogen and oxygen atoms in total. The Bertz CT molecular complexity index is 1120. The molecule has 1 amide bonds. The van der Waals surface area contributed by atoms with E-state index in [1.165, 1.54) is 5.39 Å². The fourth-order valence-corrected chi connectivity index (χ4v) is 5.39. The molecule has 7 rings (SSSR count). The van der Waals surface area contributed by atoms with Gasteiger partial charge in [-0.1, -0.05) is 30.3 Å². The lowest BCUT2D eigenvalue weighted by atomic mass is 9.86. The highest BCUT2D eigenvalue weighted by Crippen LogP contribution is 2.37. The Labute approximate surface area is 181 Å². The summed E-state index contributed by atoms with van der Waals surface area (Å²) in [5, 5.41) is 4.29. The van der Waals surface area contributed by atoms with Crippen LogP contribution in [0.3, 0.4) is 0 Å². The van der Waals surface area contributed by atoms with Crippen LogP contribution in [0.5, 0.6) is 5.75 Å². The van der Waals surface area contributed by atoms with Gasteiger partial charge in [-0.05, 0) is 54.9 Å². The number of alkyl carbamates (subject to hydrolysis) is 1. The van der Waals surface area contributed by atoms with Crippen LogP contribution in [0.25, 0.3) is 22.0 Å². The van der Waals surface area contributed by atoms with Crippen LogP contribution in [-0.4, -0.2) is 48.3 Å². The number of aromatic amines is 1. The number of carbonyl (C=O) groups excluding carboxylic acids is 1. The number of carbonyl (C=O) groups is 1. The lowest BCUT2D eigenvalue weighted by Crippen LogP contribution is -2.52. The standard InChI is InChI=1S/C25H27N3O3/c29-25(31-23-15-28-11-7-16(23)8-12-28)27-21-9-13-30-22-14-18(4-5-20(21)22)19-3-1-2-17-6-10-26-24(17)19/h1-6,10,14,16,21,23,26H,7-9,11-13,15H2,(H,27,29)/t21?,23-/m1/s1. The van der Waals surface area contributed by atoms with E-state index in [0.29, 0.717) is 12.5 Å². The number of H-pyrrole nitrogens is 1. The molecule has 0 spiro atoms. The van der Waals surface area contributed by atoms with E-state index >= 15 is 0 Å². The number of amides is 1. The zero-order valence-corrected chi connectivity index (χ0v) is 17.5. The molecular weight excluding hydrogens is 390 g/mol. The Kier molecular flexibility index (Phi) is 4.60. The van der Waals surface area contributed by atoms with Crippen molar-refractivity contribution < 1.29 is 14.3 Å². The Morgan fingerprint density at radius 2 is 2.03 bits per heavy atom. The molecule has 160 valence electrons. The summed E-state index contributed by atoms with van der Waals surface area (Å²) in [4.78, 5) is 18.4. The van der Waals surface area contributed by atoms with Gasteiger partial charge in [0.05, 0.1) is 18.2 Å². The quantitative estimate of drug-likeness (QED) is 0.660. The van der Waals surface area contributed by atoms with Crippen molar-refractivity contribution in [3.8, 4) is 16.9 Å². The average Bonchev–Trinajstić information content (AvgIpc) is 3.29. The van der Waals surface area contributed by atoms with Gasteiger partial charge in [0.15, 0.2) is 0 Å². The highest BCUT2D eigenvalue weighted by Gasteiger charge is 2.37. The summed E-state index contributed by atoms with van der Waals surface area (Å²) in [5.74, 6) is 1.34. The van der Waals surface area contributed by atoms with Gasteiger partial charge in [0.2, 0.25) is 0 Å². The summed E-state index contributed by atoms with van der Waals surface area (Å²) in [6.45, 7) is 3.72. The number of aromatic nitrogens is 1. The van der Waals surface area contributed by atoms with Crippen molar-refractivity contribution >= 4 is 17.0 Å². The number of piperidine rings is 3. The number of rotatable bonds is 3. The molecule has 2 N–H and O–H groups in total. The van der Waals surface area contributed by atoms with Crippen molar-refractivity contribution in [2.45, 2.75) is 31.4 Å². The van der Waals surface area contributed by atoms with E-state index in [0.717, 1.165) is 66.9 Å². The topological polar surface area (TPSA) is 66.6 Å². The molecule has 1 unspecified atom stereocenters. The van der Waals surface area contributed by atoms with Crippen LogP contribution in [-0.2, 0) is 4.74 Å². The molecule has 0 saturated carbocycles. The van der Waals surface area contributed by atoms with Gasteiger partial charge in [0, 0.05) is 30.3 Å². The third kappa shape index (κ3) is 3.45. The highest BCUT2D eigenvalue weighted by atomic mass is 16.6. The maximum atomic E-state index is 12.7. The van der Waals surface area contributed by atoms with E-state index in [1.54, 1.807) is 0 Å². The van der Waals surface area contributed by atoms with Crippen molar-refractivity contribution in [2.75, 3.05) is 26.2 Å². The first-order valence-electron chi connectivity index (χ1n) is 11.3. The second kappa shape index (κ2) is 7.61. The smallest absolute Gasteiger partial charge is 0.407 e. The molecule has 3 aromatic rings. The molecule has 2 bridgehead atoms. The molecule has 3 saturated heterocycles. The number of para-hydroxylation sites is 1. The predicted molar refractivity (Wildman–Crippen MR) is 119 cm³/mol. The van der Waals surface area contributed by atoms with Gasteiger partial charge in [0.25, 0.3) is 0 Å². The lowest BCUT2D eigenvalue weighted by molar-refractivity contribution is -0.0342.